The SMILES string of the molecule is C[C@@H]1C[C@@H](C)CN(S(=O)(=O)c2ccc(NC(=O)C[C@H](NC(N)=O)c3ccccc3)cc2)C1. The number of benzene rings is 2. The molecule has 1 heterocycles. The Balaban J connectivity index is 1.67. The Bertz CT molecular complexity index is 1030. The molecule has 3 amide bonds. The van der Waals surface area contributed by atoms with Gasteiger partial charge in [0.25, 0.3) is 0 Å². The van der Waals surface area contributed by atoms with E-state index in [9.17, 15) is 18.0 Å². The van der Waals surface area contributed by atoms with Crippen LogP contribution in [0.4, 0.5) is 10.5 Å². The topological polar surface area (TPSA) is 122 Å². The Morgan fingerprint density at radius 2 is 1.62 bits per heavy atom. The van der Waals surface area contributed by atoms with Crippen molar-refractivity contribution in [2.24, 2.45) is 17.6 Å². The van der Waals surface area contributed by atoms with E-state index < -0.39 is 22.1 Å². The first-order valence-electron chi connectivity index (χ1n) is 10.7. The summed E-state index contributed by atoms with van der Waals surface area (Å²) in [5, 5.41) is 5.33. The highest BCUT2D eigenvalue weighted by Crippen LogP contribution is 2.27. The van der Waals surface area contributed by atoms with Gasteiger partial charge in [-0.1, -0.05) is 44.2 Å². The van der Waals surface area contributed by atoms with Crippen LogP contribution in [0.5, 0.6) is 0 Å². The summed E-state index contributed by atoms with van der Waals surface area (Å²) < 4.78 is 27.5. The fraction of sp³-hybridized carbons (Fsp3) is 0.391. The number of hydrogen-bond acceptors (Lipinski definition) is 4. The molecule has 4 N–H and O–H groups in total. The maximum atomic E-state index is 13.0. The number of primary amides is 1. The van der Waals surface area contributed by atoms with E-state index in [2.05, 4.69) is 24.5 Å². The van der Waals surface area contributed by atoms with Gasteiger partial charge in [0.15, 0.2) is 0 Å². The van der Waals surface area contributed by atoms with Gasteiger partial charge in [0, 0.05) is 18.8 Å². The number of piperidine rings is 1. The lowest BCUT2D eigenvalue weighted by molar-refractivity contribution is -0.116. The Hall–Kier alpha value is -2.91. The number of nitrogens with zero attached hydrogens (tertiary/aromatic N) is 1. The van der Waals surface area contributed by atoms with Crippen molar-refractivity contribution in [3.63, 3.8) is 0 Å². The van der Waals surface area contributed by atoms with Gasteiger partial charge < -0.3 is 16.4 Å². The Kier molecular flexibility index (Phi) is 7.52. The van der Waals surface area contributed by atoms with Crippen LogP contribution in [0.1, 0.15) is 38.3 Å². The summed E-state index contributed by atoms with van der Waals surface area (Å²) in [5.74, 6) is 0.305. The molecule has 1 aliphatic rings. The van der Waals surface area contributed by atoms with Gasteiger partial charge >= 0.3 is 6.03 Å². The molecule has 9 heteroatoms. The number of anilines is 1. The predicted molar refractivity (Wildman–Crippen MR) is 123 cm³/mol. The molecule has 0 radical (unpaired) electrons. The van der Waals surface area contributed by atoms with Crippen LogP contribution < -0.4 is 16.4 Å². The van der Waals surface area contributed by atoms with E-state index in [4.69, 9.17) is 5.73 Å². The third-order valence-electron chi connectivity index (χ3n) is 5.52. The lowest BCUT2D eigenvalue weighted by Gasteiger charge is -2.34. The lowest BCUT2D eigenvalue weighted by atomic mass is 9.94. The molecule has 2 aromatic carbocycles. The summed E-state index contributed by atoms with van der Waals surface area (Å²) in [6.45, 7) is 5.15. The van der Waals surface area contributed by atoms with E-state index in [-0.39, 0.29) is 17.2 Å². The van der Waals surface area contributed by atoms with Crippen LogP contribution in [0.25, 0.3) is 0 Å². The summed E-state index contributed by atoms with van der Waals surface area (Å²) in [5.41, 5.74) is 6.48. The van der Waals surface area contributed by atoms with E-state index in [1.54, 1.807) is 28.6 Å². The van der Waals surface area contributed by atoms with E-state index in [0.29, 0.717) is 30.6 Å². The second-order valence-corrected chi connectivity index (χ2v) is 10.5. The summed E-state index contributed by atoms with van der Waals surface area (Å²) >= 11 is 0. The third-order valence-corrected chi connectivity index (χ3v) is 7.37. The van der Waals surface area contributed by atoms with Crippen molar-refractivity contribution in [1.29, 1.82) is 0 Å². The normalized spacial score (nSPS) is 20.3. The van der Waals surface area contributed by atoms with Crippen LogP contribution in [0, 0.1) is 11.8 Å². The van der Waals surface area contributed by atoms with Crippen molar-refractivity contribution in [3.05, 3.63) is 60.2 Å². The van der Waals surface area contributed by atoms with Crippen LogP contribution >= 0.6 is 0 Å². The molecule has 0 aromatic heterocycles. The first-order valence-corrected chi connectivity index (χ1v) is 12.1. The third kappa shape index (κ3) is 6.08. The van der Waals surface area contributed by atoms with Crippen molar-refractivity contribution in [3.8, 4) is 0 Å². The van der Waals surface area contributed by atoms with E-state index >= 15 is 0 Å². The van der Waals surface area contributed by atoms with Gasteiger partial charge in [-0.2, -0.15) is 4.31 Å². The fourth-order valence-corrected chi connectivity index (χ4v) is 5.85. The number of amides is 3. The van der Waals surface area contributed by atoms with Crippen LogP contribution in [0.15, 0.2) is 59.5 Å². The van der Waals surface area contributed by atoms with Gasteiger partial charge in [-0.15, -0.1) is 0 Å². The fourth-order valence-electron chi connectivity index (χ4n) is 4.17. The predicted octanol–water partition coefficient (Wildman–Crippen LogP) is 3.09. The summed E-state index contributed by atoms with van der Waals surface area (Å²) in [7, 11) is -3.58. The van der Waals surface area contributed by atoms with Gasteiger partial charge in [-0.25, -0.2) is 13.2 Å². The first-order chi connectivity index (χ1) is 15.1. The smallest absolute Gasteiger partial charge is 0.312 e. The van der Waals surface area contributed by atoms with Gasteiger partial charge in [0.05, 0.1) is 17.4 Å². The number of urea groups is 1. The second-order valence-electron chi connectivity index (χ2n) is 8.52. The van der Waals surface area contributed by atoms with Crippen molar-refractivity contribution < 1.29 is 18.0 Å². The molecule has 32 heavy (non-hydrogen) atoms. The number of carbonyl (C=O) groups excluding carboxylic acids is 2. The van der Waals surface area contributed by atoms with E-state index in [1.807, 2.05) is 18.2 Å². The molecule has 172 valence electrons. The molecule has 0 unspecified atom stereocenters. The summed E-state index contributed by atoms with van der Waals surface area (Å²) in [4.78, 5) is 24.1. The molecule has 1 aliphatic heterocycles. The molecular weight excluding hydrogens is 428 g/mol. The average Bonchev–Trinajstić information content (AvgIpc) is 2.73. The Morgan fingerprint density at radius 1 is 1.03 bits per heavy atom. The monoisotopic (exact) mass is 458 g/mol. The molecule has 1 saturated heterocycles. The van der Waals surface area contributed by atoms with Crippen LogP contribution in [-0.2, 0) is 14.8 Å². The van der Waals surface area contributed by atoms with Crippen LogP contribution in [0.3, 0.4) is 0 Å². The highest BCUT2D eigenvalue weighted by molar-refractivity contribution is 7.89. The number of hydrogen-bond donors (Lipinski definition) is 3. The highest BCUT2D eigenvalue weighted by atomic mass is 32.2. The molecule has 0 bridgehead atoms. The molecule has 8 nitrogen and oxygen atoms in total. The Morgan fingerprint density at radius 3 is 2.19 bits per heavy atom. The van der Waals surface area contributed by atoms with Crippen LogP contribution in [-0.4, -0.2) is 37.8 Å². The molecular formula is C23H30N4O4S. The molecule has 3 atom stereocenters. The van der Waals surface area contributed by atoms with Gasteiger partial charge in [0.1, 0.15) is 0 Å². The van der Waals surface area contributed by atoms with Crippen molar-refractivity contribution in [2.75, 3.05) is 18.4 Å². The number of sulfonamides is 1. The zero-order valence-electron chi connectivity index (χ0n) is 18.3. The van der Waals surface area contributed by atoms with E-state index in [0.717, 1.165) is 12.0 Å². The highest BCUT2D eigenvalue weighted by Gasteiger charge is 2.31. The Labute approximate surface area is 189 Å². The maximum Gasteiger partial charge on any atom is 0.312 e. The molecule has 0 spiro atoms. The maximum absolute atomic E-state index is 13.0. The molecule has 0 aliphatic carbocycles. The molecule has 1 fully saturated rings. The standard InChI is InChI=1S/C23H30N4O4S/c1-16-12-17(2)15-27(14-16)32(30,31)20-10-8-19(9-11-20)25-22(28)13-21(26-23(24)29)18-6-4-3-5-7-18/h3-11,16-17,21H,12-15H2,1-2H3,(H,25,28)(H3,24,26,29)/t16-,17-,21+/m1/s1. The summed E-state index contributed by atoms with van der Waals surface area (Å²) in [6.07, 6.45) is 1.00. The van der Waals surface area contributed by atoms with Crippen molar-refractivity contribution >= 4 is 27.6 Å². The minimum Gasteiger partial charge on any atom is -0.352 e. The zero-order chi connectivity index (χ0) is 23.3. The van der Waals surface area contributed by atoms with Crippen molar-refractivity contribution in [2.45, 2.75) is 37.6 Å². The summed E-state index contributed by atoms with van der Waals surface area (Å²) in [6, 6.07) is 13.9. The lowest BCUT2D eigenvalue weighted by Crippen LogP contribution is -2.42. The number of carbonyl (C=O) groups is 2. The van der Waals surface area contributed by atoms with Gasteiger partial charge in [0.2, 0.25) is 15.9 Å². The largest absolute Gasteiger partial charge is 0.352 e. The number of nitrogens with one attached hydrogen (secondary N) is 2. The molecule has 2 aromatic rings. The van der Waals surface area contributed by atoms with Crippen molar-refractivity contribution in [1.82, 2.24) is 9.62 Å². The van der Waals surface area contributed by atoms with Crippen LogP contribution in [0.2, 0.25) is 0 Å². The zero-order valence-corrected chi connectivity index (χ0v) is 19.1. The second kappa shape index (κ2) is 10.1. The number of nitrogens with two attached hydrogens (primary N) is 1. The van der Waals surface area contributed by atoms with E-state index in [1.165, 1.54) is 12.1 Å². The number of rotatable bonds is 7. The average molecular weight is 459 g/mol. The molecule has 0 saturated carbocycles. The quantitative estimate of drug-likeness (QED) is 0.590. The minimum absolute atomic E-state index is 0.0173. The first kappa shape index (κ1) is 23.7. The minimum atomic E-state index is -3.58. The van der Waals surface area contributed by atoms with Gasteiger partial charge in [-0.3, -0.25) is 4.79 Å². The van der Waals surface area contributed by atoms with Gasteiger partial charge in [-0.05, 0) is 48.1 Å². The molecule has 3 rings (SSSR count).